The van der Waals surface area contributed by atoms with Gasteiger partial charge in [-0.2, -0.15) is 0 Å². The third-order valence-corrected chi connectivity index (χ3v) is 2.41. The second-order valence-corrected chi connectivity index (χ2v) is 3.91. The van der Waals surface area contributed by atoms with E-state index in [1.807, 2.05) is 19.1 Å². The van der Waals surface area contributed by atoms with Gasteiger partial charge in [0.25, 0.3) is 0 Å². The van der Waals surface area contributed by atoms with Crippen molar-refractivity contribution in [2.24, 2.45) is 0 Å². The van der Waals surface area contributed by atoms with Crippen LogP contribution in [0, 0.1) is 12.3 Å². The van der Waals surface area contributed by atoms with Crippen LogP contribution < -0.4 is 14.8 Å². The number of ether oxygens (including phenoxy) is 2. The van der Waals surface area contributed by atoms with Gasteiger partial charge in [-0.1, -0.05) is 18.1 Å². The summed E-state index contributed by atoms with van der Waals surface area (Å²) in [5.74, 6) is 3.79. The first kappa shape index (κ1) is 14.4. The molecule has 1 aromatic rings. The molecule has 2 unspecified atom stereocenters. The van der Waals surface area contributed by atoms with Crippen LogP contribution in [0.5, 0.6) is 11.5 Å². The van der Waals surface area contributed by atoms with Gasteiger partial charge < -0.3 is 19.9 Å². The first-order valence-corrected chi connectivity index (χ1v) is 5.80. The van der Waals surface area contributed by atoms with E-state index in [0.29, 0.717) is 18.0 Å². The van der Waals surface area contributed by atoms with Gasteiger partial charge in [0.2, 0.25) is 0 Å². The molecule has 0 bridgehead atoms. The van der Waals surface area contributed by atoms with Crippen LogP contribution in [0.3, 0.4) is 0 Å². The molecule has 2 atom stereocenters. The minimum absolute atomic E-state index is 0.0640. The van der Waals surface area contributed by atoms with E-state index in [1.165, 1.54) is 0 Å². The summed E-state index contributed by atoms with van der Waals surface area (Å²) in [6.45, 7) is 2.43. The van der Waals surface area contributed by atoms with Crippen LogP contribution in [-0.2, 0) is 0 Å². The van der Waals surface area contributed by atoms with Crippen molar-refractivity contribution in [1.29, 1.82) is 0 Å². The van der Waals surface area contributed by atoms with E-state index in [0.717, 1.165) is 0 Å². The second kappa shape index (κ2) is 7.59. The van der Waals surface area contributed by atoms with Gasteiger partial charge in [-0.3, -0.25) is 0 Å². The standard InChI is InChI=1S/C14H19NO3/c1-4-11(2)15-9-12(16)10-18-14-8-6-5-7-13(14)17-3/h1,5-8,11-12,15-16H,9-10H2,2-3H3. The molecule has 1 rings (SSSR count). The van der Waals surface area contributed by atoms with Gasteiger partial charge in [0, 0.05) is 6.54 Å². The van der Waals surface area contributed by atoms with Crippen molar-refractivity contribution in [3.05, 3.63) is 24.3 Å². The lowest BCUT2D eigenvalue weighted by molar-refractivity contribution is 0.104. The summed E-state index contributed by atoms with van der Waals surface area (Å²) in [7, 11) is 1.58. The highest BCUT2D eigenvalue weighted by Gasteiger charge is 2.08. The minimum atomic E-state index is -0.620. The number of aliphatic hydroxyl groups is 1. The second-order valence-electron chi connectivity index (χ2n) is 3.91. The number of aliphatic hydroxyl groups excluding tert-OH is 1. The smallest absolute Gasteiger partial charge is 0.161 e. The molecular weight excluding hydrogens is 230 g/mol. The number of hydrogen-bond donors (Lipinski definition) is 2. The van der Waals surface area contributed by atoms with Gasteiger partial charge in [-0.25, -0.2) is 0 Å². The highest BCUT2D eigenvalue weighted by Crippen LogP contribution is 2.25. The molecule has 4 heteroatoms. The van der Waals surface area contributed by atoms with Crippen LogP contribution in [0.4, 0.5) is 0 Å². The summed E-state index contributed by atoms with van der Waals surface area (Å²) < 4.78 is 10.6. The predicted molar refractivity (Wildman–Crippen MR) is 70.8 cm³/mol. The van der Waals surface area contributed by atoms with Crippen LogP contribution in [0.2, 0.25) is 0 Å². The molecule has 0 spiro atoms. The summed E-state index contributed by atoms with van der Waals surface area (Å²) in [5, 5.41) is 12.7. The highest BCUT2D eigenvalue weighted by atomic mass is 16.5. The van der Waals surface area contributed by atoms with Gasteiger partial charge in [-0.05, 0) is 19.1 Å². The van der Waals surface area contributed by atoms with Crippen molar-refractivity contribution in [1.82, 2.24) is 5.32 Å². The van der Waals surface area contributed by atoms with E-state index in [4.69, 9.17) is 15.9 Å². The first-order valence-electron chi connectivity index (χ1n) is 5.80. The van der Waals surface area contributed by atoms with E-state index in [9.17, 15) is 5.11 Å². The fraction of sp³-hybridized carbons (Fsp3) is 0.429. The molecule has 0 aliphatic carbocycles. The zero-order valence-electron chi connectivity index (χ0n) is 10.7. The van der Waals surface area contributed by atoms with Crippen molar-refractivity contribution in [3.8, 4) is 23.8 Å². The van der Waals surface area contributed by atoms with E-state index in [1.54, 1.807) is 19.2 Å². The molecule has 0 saturated heterocycles. The van der Waals surface area contributed by atoms with E-state index >= 15 is 0 Å². The van der Waals surface area contributed by atoms with Crippen LogP contribution >= 0.6 is 0 Å². The fourth-order valence-electron chi connectivity index (χ4n) is 1.35. The molecule has 2 N–H and O–H groups in total. The maximum atomic E-state index is 9.72. The summed E-state index contributed by atoms with van der Waals surface area (Å²) >= 11 is 0. The molecule has 0 aliphatic rings. The summed E-state index contributed by atoms with van der Waals surface area (Å²) in [4.78, 5) is 0. The van der Waals surface area contributed by atoms with Gasteiger partial charge >= 0.3 is 0 Å². The van der Waals surface area contributed by atoms with Crippen molar-refractivity contribution in [2.75, 3.05) is 20.3 Å². The SMILES string of the molecule is C#CC(C)NCC(O)COc1ccccc1OC. The maximum absolute atomic E-state index is 9.72. The molecule has 0 radical (unpaired) electrons. The Bertz CT molecular complexity index is 400. The number of benzene rings is 1. The monoisotopic (exact) mass is 249 g/mol. The molecule has 0 saturated carbocycles. The molecule has 0 heterocycles. The Morgan fingerprint density at radius 2 is 2.06 bits per heavy atom. The minimum Gasteiger partial charge on any atom is -0.493 e. The third kappa shape index (κ3) is 4.66. The third-order valence-electron chi connectivity index (χ3n) is 2.41. The molecule has 0 aromatic heterocycles. The average molecular weight is 249 g/mol. The highest BCUT2D eigenvalue weighted by molar-refractivity contribution is 5.39. The average Bonchev–Trinajstić information content (AvgIpc) is 2.42. The van der Waals surface area contributed by atoms with Gasteiger partial charge in [-0.15, -0.1) is 6.42 Å². The van der Waals surface area contributed by atoms with Crippen LogP contribution in [-0.4, -0.2) is 37.5 Å². The lowest BCUT2D eigenvalue weighted by atomic mass is 10.3. The number of terminal acetylenes is 1. The van der Waals surface area contributed by atoms with Crippen molar-refractivity contribution in [2.45, 2.75) is 19.1 Å². The summed E-state index contributed by atoms with van der Waals surface area (Å²) in [6.07, 6.45) is 4.60. The van der Waals surface area contributed by atoms with Crippen LogP contribution in [0.1, 0.15) is 6.92 Å². The lowest BCUT2D eigenvalue weighted by Crippen LogP contribution is -2.35. The van der Waals surface area contributed by atoms with Gasteiger partial charge in [0.1, 0.15) is 12.7 Å². The zero-order chi connectivity index (χ0) is 13.4. The van der Waals surface area contributed by atoms with E-state index in [-0.39, 0.29) is 12.6 Å². The Morgan fingerprint density at radius 3 is 2.67 bits per heavy atom. The number of nitrogens with one attached hydrogen (secondary N) is 1. The number of para-hydroxylation sites is 2. The van der Waals surface area contributed by atoms with Crippen molar-refractivity contribution in [3.63, 3.8) is 0 Å². The largest absolute Gasteiger partial charge is 0.493 e. The van der Waals surface area contributed by atoms with Crippen molar-refractivity contribution < 1.29 is 14.6 Å². The molecule has 0 aliphatic heterocycles. The Hall–Kier alpha value is -1.70. The van der Waals surface area contributed by atoms with Crippen LogP contribution in [0.25, 0.3) is 0 Å². The molecule has 4 nitrogen and oxygen atoms in total. The summed E-state index contributed by atoms with van der Waals surface area (Å²) in [6, 6.07) is 7.25. The number of hydrogen-bond acceptors (Lipinski definition) is 4. The Labute approximate surface area is 108 Å². The van der Waals surface area contributed by atoms with Gasteiger partial charge in [0.15, 0.2) is 11.5 Å². The normalized spacial score (nSPS) is 13.4. The Kier molecular flexibility index (Phi) is 6.06. The predicted octanol–water partition coefficient (Wildman–Crippen LogP) is 1.05. The molecule has 0 fully saturated rings. The Morgan fingerprint density at radius 1 is 1.39 bits per heavy atom. The molecule has 0 amide bonds. The Balaban J connectivity index is 2.38. The topological polar surface area (TPSA) is 50.7 Å². The fourth-order valence-corrected chi connectivity index (χ4v) is 1.35. The molecule has 98 valence electrons. The molecule has 1 aromatic carbocycles. The zero-order valence-corrected chi connectivity index (χ0v) is 10.7. The van der Waals surface area contributed by atoms with Crippen LogP contribution in [0.15, 0.2) is 24.3 Å². The molecule has 18 heavy (non-hydrogen) atoms. The quantitative estimate of drug-likeness (QED) is 0.709. The van der Waals surface area contributed by atoms with E-state index < -0.39 is 6.10 Å². The van der Waals surface area contributed by atoms with Gasteiger partial charge in [0.05, 0.1) is 13.2 Å². The summed E-state index contributed by atoms with van der Waals surface area (Å²) in [5.41, 5.74) is 0. The van der Waals surface area contributed by atoms with E-state index in [2.05, 4.69) is 11.2 Å². The van der Waals surface area contributed by atoms with Crippen molar-refractivity contribution >= 4 is 0 Å². The number of rotatable bonds is 7. The first-order chi connectivity index (χ1) is 8.67. The molecular formula is C14H19NO3. The number of methoxy groups -OCH3 is 1. The lowest BCUT2D eigenvalue weighted by Gasteiger charge is -2.15. The maximum Gasteiger partial charge on any atom is 0.161 e.